The number of benzene rings is 3. The van der Waals surface area contributed by atoms with E-state index >= 15 is 0 Å². The number of ether oxygens (including phenoxy) is 4. The Hall–Kier alpha value is -2.97. The summed E-state index contributed by atoms with van der Waals surface area (Å²) in [6, 6.07) is 22.0. The molecule has 0 bridgehead atoms. The molecule has 0 aliphatic carbocycles. The second-order valence-electron chi connectivity index (χ2n) is 11.5. The Balaban J connectivity index is 1.33. The number of aromatic nitrogens is 1. The van der Waals surface area contributed by atoms with Crippen molar-refractivity contribution in [2.75, 3.05) is 27.4 Å². The zero-order valence-electron chi connectivity index (χ0n) is 23.5. The van der Waals surface area contributed by atoms with Crippen LogP contribution < -0.4 is 9.47 Å². The van der Waals surface area contributed by atoms with E-state index in [0.29, 0.717) is 19.8 Å². The number of nitrogens with zero attached hydrogens (tertiary/aromatic N) is 1. The molecular formula is C32H37NO5S. The van der Waals surface area contributed by atoms with Crippen molar-refractivity contribution < 1.29 is 24.1 Å². The van der Waals surface area contributed by atoms with Gasteiger partial charge in [-0.2, -0.15) is 0 Å². The summed E-state index contributed by atoms with van der Waals surface area (Å²) in [4.78, 5) is 4.78. The van der Waals surface area contributed by atoms with E-state index in [0.717, 1.165) is 43.4 Å². The normalized spacial score (nSPS) is 20.8. The number of rotatable bonds is 9. The van der Waals surface area contributed by atoms with Crippen molar-refractivity contribution in [2.45, 2.75) is 46.0 Å². The van der Waals surface area contributed by atoms with Gasteiger partial charge in [-0.05, 0) is 47.5 Å². The summed E-state index contributed by atoms with van der Waals surface area (Å²) in [7, 11) is 3.32. The molecule has 4 aromatic rings. The van der Waals surface area contributed by atoms with Crippen molar-refractivity contribution in [3.8, 4) is 22.1 Å². The second-order valence-corrected chi connectivity index (χ2v) is 12.5. The molecule has 1 fully saturated rings. The second kappa shape index (κ2) is 10.5. The molecule has 1 aliphatic rings. The van der Waals surface area contributed by atoms with Gasteiger partial charge < -0.3 is 24.1 Å². The molecule has 2 heterocycles. The van der Waals surface area contributed by atoms with Crippen molar-refractivity contribution >= 4 is 21.6 Å². The van der Waals surface area contributed by atoms with Crippen LogP contribution in [0.1, 0.15) is 44.9 Å². The van der Waals surface area contributed by atoms with E-state index in [-0.39, 0.29) is 0 Å². The molecule has 6 nitrogen and oxygen atoms in total. The third-order valence-corrected chi connectivity index (χ3v) is 9.04. The molecule has 3 aromatic carbocycles. The van der Waals surface area contributed by atoms with Crippen molar-refractivity contribution in [1.29, 1.82) is 0 Å². The zero-order chi connectivity index (χ0) is 27.8. The lowest BCUT2D eigenvalue weighted by molar-refractivity contribution is -0.178. The molecule has 0 radical (unpaired) electrons. The smallest absolute Gasteiger partial charge is 0.129 e. The highest BCUT2D eigenvalue weighted by Gasteiger charge is 2.63. The molecule has 0 spiro atoms. The van der Waals surface area contributed by atoms with Gasteiger partial charge in [0.05, 0.1) is 49.8 Å². The van der Waals surface area contributed by atoms with Gasteiger partial charge in [0.1, 0.15) is 28.2 Å². The molecule has 1 aromatic heterocycles. The quantitative estimate of drug-likeness (QED) is 0.242. The fourth-order valence-electron chi connectivity index (χ4n) is 5.81. The molecule has 206 valence electrons. The molecule has 2 atom stereocenters. The monoisotopic (exact) mass is 547 g/mol. The van der Waals surface area contributed by atoms with Gasteiger partial charge in [0.25, 0.3) is 0 Å². The number of hydrogen-bond acceptors (Lipinski definition) is 7. The van der Waals surface area contributed by atoms with Crippen LogP contribution in [0.5, 0.6) is 11.5 Å². The highest BCUT2D eigenvalue weighted by molar-refractivity contribution is 7.21. The van der Waals surface area contributed by atoms with Crippen LogP contribution >= 0.6 is 11.3 Å². The first-order valence-electron chi connectivity index (χ1n) is 13.2. The molecule has 5 rings (SSSR count). The number of methoxy groups -OCH3 is 2. The predicted molar refractivity (Wildman–Crippen MR) is 155 cm³/mol. The summed E-state index contributed by atoms with van der Waals surface area (Å²) >= 11 is 1.65. The summed E-state index contributed by atoms with van der Waals surface area (Å²) in [5.41, 5.74) is 1.54. The standard InChI is InChI=1S/C32H37NO5S/c1-30(2,32(34)28(38-20-31(32,3)4)22-10-9-11-23(17-22)35-5)19-37-18-21-14-15-24(26(16-21)36-6)29-33-25-12-7-8-13-27(25)39-29/h7-17,28,34H,18-20H2,1-6H3. The van der Waals surface area contributed by atoms with Crippen molar-refractivity contribution in [3.63, 3.8) is 0 Å². The summed E-state index contributed by atoms with van der Waals surface area (Å²) in [6.45, 7) is 9.39. The third kappa shape index (κ3) is 4.93. The Morgan fingerprint density at radius 2 is 1.82 bits per heavy atom. The zero-order valence-corrected chi connectivity index (χ0v) is 24.3. The maximum atomic E-state index is 12.4. The SMILES string of the molecule is COc1cccc(C2OCC(C)(C)C2(O)C(C)(C)COCc2ccc(-c3nc4ccccc4s3)c(OC)c2)c1. The van der Waals surface area contributed by atoms with Gasteiger partial charge in [-0.25, -0.2) is 4.98 Å². The molecule has 1 N–H and O–H groups in total. The van der Waals surface area contributed by atoms with E-state index in [1.165, 1.54) is 0 Å². The van der Waals surface area contributed by atoms with Crippen LogP contribution in [-0.4, -0.2) is 43.1 Å². The average molecular weight is 548 g/mol. The summed E-state index contributed by atoms with van der Waals surface area (Å²) in [5.74, 6) is 1.50. The van der Waals surface area contributed by atoms with Gasteiger partial charge in [-0.15, -0.1) is 11.3 Å². The van der Waals surface area contributed by atoms with Crippen LogP contribution in [-0.2, 0) is 16.1 Å². The van der Waals surface area contributed by atoms with Crippen molar-refractivity contribution in [3.05, 3.63) is 77.9 Å². The van der Waals surface area contributed by atoms with Gasteiger partial charge >= 0.3 is 0 Å². The Bertz CT molecular complexity index is 1430. The lowest BCUT2D eigenvalue weighted by Crippen LogP contribution is -2.57. The van der Waals surface area contributed by atoms with Crippen molar-refractivity contribution in [1.82, 2.24) is 4.98 Å². The topological polar surface area (TPSA) is 70.0 Å². The molecule has 0 amide bonds. The first kappa shape index (κ1) is 27.6. The van der Waals surface area contributed by atoms with Crippen LogP contribution in [0.3, 0.4) is 0 Å². The number of fused-ring (bicyclic) bond motifs is 1. The Labute approximate surface area is 234 Å². The van der Waals surface area contributed by atoms with Gasteiger partial charge in [0.2, 0.25) is 0 Å². The Morgan fingerprint density at radius 3 is 2.56 bits per heavy atom. The van der Waals surface area contributed by atoms with Crippen LogP contribution in [0.25, 0.3) is 20.8 Å². The van der Waals surface area contributed by atoms with Gasteiger partial charge in [0.15, 0.2) is 0 Å². The summed E-state index contributed by atoms with van der Waals surface area (Å²) < 4.78 is 24.8. The van der Waals surface area contributed by atoms with Gasteiger partial charge in [0, 0.05) is 10.8 Å². The highest BCUT2D eigenvalue weighted by Crippen LogP contribution is 2.58. The molecule has 1 aliphatic heterocycles. The van der Waals surface area contributed by atoms with Crippen LogP contribution in [0.4, 0.5) is 0 Å². The molecular weight excluding hydrogens is 510 g/mol. The number of aliphatic hydroxyl groups is 1. The van der Waals surface area contributed by atoms with Gasteiger partial charge in [-0.1, -0.05) is 58.0 Å². The molecule has 2 unspecified atom stereocenters. The Morgan fingerprint density at radius 1 is 1.03 bits per heavy atom. The van der Waals surface area contributed by atoms with Crippen LogP contribution in [0.2, 0.25) is 0 Å². The fourth-order valence-corrected chi connectivity index (χ4v) is 6.81. The van der Waals surface area contributed by atoms with E-state index < -0.39 is 22.5 Å². The molecule has 0 saturated carbocycles. The van der Waals surface area contributed by atoms with E-state index in [9.17, 15) is 5.11 Å². The summed E-state index contributed by atoms with van der Waals surface area (Å²) in [6.07, 6.45) is -0.505. The van der Waals surface area contributed by atoms with E-state index in [1.807, 2.05) is 74.5 Å². The minimum atomic E-state index is -1.18. The largest absolute Gasteiger partial charge is 0.497 e. The lowest BCUT2D eigenvalue weighted by Gasteiger charge is -2.49. The summed E-state index contributed by atoms with van der Waals surface area (Å²) in [5, 5.41) is 13.3. The maximum absolute atomic E-state index is 12.4. The lowest BCUT2D eigenvalue weighted by atomic mass is 9.59. The maximum Gasteiger partial charge on any atom is 0.129 e. The number of hydrogen-bond donors (Lipinski definition) is 1. The van der Waals surface area contributed by atoms with Gasteiger partial charge in [-0.3, -0.25) is 0 Å². The van der Waals surface area contributed by atoms with E-state index in [2.05, 4.69) is 19.9 Å². The Kier molecular flexibility index (Phi) is 7.46. The first-order valence-corrected chi connectivity index (χ1v) is 14.0. The third-order valence-electron chi connectivity index (χ3n) is 7.97. The average Bonchev–Trinajstić information content (AvgIpc) is 3.47. The number of para-hydroxylation sites is 1. The van der Waals surface area contributed by atoms with Crippen molar-refractivity contribution in [2.24, 2.45) is 10.8 Å². The highest BCUT2D eigenvalue weighted by atomic mass is 32.1. The van der Waals surface area contributed by atoms with E-state index in [1.54, 1.807) is 25.6 Å². The molecule has 1 saturated heterocycles. The first-order chi connectivity index (χ1) is 18.6. The van der Waals surface area contributed by atoms with E-state index in [4.69, 9.17) is 23.9 Å². The number of thiazole rings is 1. The fraction of sp³-hybridized carbons (Fsp3) is 0.406. The van der Waals surface area contributed by atoms with Crippen LogP contribution in [0.15, 0.2) is 66.7 Å². The minimum Gasteiger partial charge on any atom is -0.497 e. The van der Waals surface area contributed by atoms with Crippen LogP contribution in [0, 0.1) is 10.8 Å². The molecule has 7 heteroatoms. The minimum absolute atomic E-state index is 0.346. The molecule has 39 heavy (non-hydrogen) atoms. The predicted octanol–water partition coefficient (Wildman–Crippen LogP) is 7.05.